The molecule has 23 heavy (non-hydrogen) atoms. The predicted molar refractivity (Wildman–Crippen MR) is 88.7 cm³/mol. The number of aromatic nitrogens is 2. The Kier molecular flexibility index (Phi) is 4.43. The molecule has 2 aromatic heterocycles. The average molecular weight is 313 g/mol. The SMILES string of the molecule is COCCCNC(=O)Cn1c(=O)c2cccn2c2ccccc21. The first-order valence-corrected chi connectivity index (χ1v) is 7.56. The normalized spacial score (nSPS) is 11.2. The van der Waals surface area contributed by atoms with Crippen molar-refractivity contribution in [2.24, 2.45) is 0 Å². The van der Waals surface area contributed by atoms with Crippen molar-refractivity contribution in [2.45, 2.75) is 13.0 Å². The zero-order valence-electron chi connectivity index (χ0n) is 13.0. The number of benzene rings is 1. The number of hydrogen-bond donors (Lipinski definition) is 1. The van der Waals surface area contributed by atoms with Crippen LogP contribution in [0.15, 0.2) is 47.4 Å². The number of nitrogens with one attached hydrogen (secondary N) is 1. The number of para-hydroxylation sites is 2. The lowest BCUT2D eigenvalue weighted by molar-refractivity contribution is -0.121. The summed E-state index contributed by atoms with van der Waals surface area (Å²) in [7, 11) is 1.63. The van der Waals surface area contributed by atoms with Crippen molar-refractivity contribution in [3.05, 3.63) is 52.9 Å². The Labute approximate surface area is 133 Å². The van der Waals surface area contributed by atoms with Gasteiger partial charge in [-0.1, -0.05) is 12.1 Å². The molecule has 6 heteroatoms. The molecule has 0 unspecified atom stereocenters. The van der Waals surface area contributed by atoms with Gasteiger partial charge in [-0.15, -0.1) is 0 Å². The van der Waals surface area contributed by atoms with Gasteiger partial charge < -0.3 is 14.5 Å². The molecule has 6 nitrogen and oxygen atoms in total. The molecule has 120 valence electrons. The molecule has 0 bridgehead atoms. The van der Waals surface area contributed by atoms with Crippen LogP contribution in [0.5, 0.6) is 0 Å². The number of fused-ring (bicyclic) bond motifs is 3. The van der Waals surface area contributed by atoms with Crippen molar-refractivity contribution < 1.29 is 9.53 Å². The third kappa shape index (κ3) is 2.98. The lowest BCUT2D eigenvalue weighted by atomic mass is 10.2. The Balaban J connectivity index is 1.94. The van der Waals surface area contributed by atoms with E-state index < -0.39 is 0 Å². The Hall–Kier alpha value is -2.60. The van der Waals surface area contributed by atoms with Crippen molar-refractivity contribution in [2.75, 3.05) is 20.3 Å². The smallest absolute Gasteiger partial charge is 0.275 e. The largest absolute Gasteiger partial charge is 0.385 e. The molecule has 1 amide bonds. The Morgan fingerprint density at radius 1 is 1.13 bits per heavy atom. The molecule has 0 aliphatic rings. The highest BCUT2D eigenvalue weighted by Crippen LogP contribution is 2.14. The number of nitrogens with zero attached hydrogens (tertiary/aromatic N) is 2. The first-order valence-electron chi connectivity index (χ1n) is 7.56. The fourth-order valence-corrected chi connectivity index (χ4v) is 2.71. The first kappa shape index (κ1) is 15.3. The fourth-order valence-electron chi connectivity index (χ4n) is 2.71. The van der Waals surface area contributed by atoms with Crippen LogP contribution in [0.1, 0.15) is 6.42 Å². The first-order chi connectivity index (χ1) is 11.2. The lowest BCUT2D eigenvalue weighted by Crippen LogP contribution is -2.33. The highest BCUT2D eigenvalue weighted by atomic mass is 16.5. The van der Waals surface area contributed by atoms with Gasteiger partial charge in [-0.05, 0) is 30.7 Å². The molecule has 3 rings (SSSR count). The van der Waals surface area contributed by atoms with E-state index in [1.54, 1.807) is 13.2 Å². The summed E-state index contributed by atoms with van der Waals surface area (Å²) in [6.07, 6.45) is 2.60. The van der Waals surface area contributed by atoms with Gasteiger partial charge in [0.25, 0.3) is 5.56 Å². The number of rotatable bonds is 6. The second-order valence-corrected chi connectivity index (χ2v) is 5.34. The van der Waals surface area contributed by atoms with Crippen LogP contribution >= 0.6 is 0 Å². The molecule has 2 heterocycles. The van der Waals surface area contributed by atoms with Crippen molar-refractivity contribution in [3.8, 4) is 0 Å². The molecule has 0 atom stereocenters. The van der Waals surface area contributed by atoms with Gasteiger partial charge >= 0.3 is 0 Å². The maximum Gasteiger partial charge on any atom is 0.275 e. The molecule has 0 radical (unpaired) electrons. The number of amides is 1. The summed E-state index contributed by atoms with van der Waals surface area (Å²) in [4.78, 5) is 24.8. The minimum atomic E-state index is -0.177. The van der Waals surface area contributed by atoms with Gasteiger partial charge in [0.05, 0.1) is 11.0 Å². The lowest BCUT2D eigenvalue weighted by Gasteiger charge is -2.12. The molecule has 0 saturated carbocycles. The number of hydrogen-bond acceptors (Lipinski definition) is 3. The Morgan fingerprint density at radius 3 is 2.65 bits per heavy atom. The van der Waals surface area contributed by atoms with Gasteiger partial charge in [0.2, 0.25) is 5.91 Å². The molecular weight excluding hydrogens is 294 g/mol. The summed E-state index contributed by atoms with van der Waals surface area (Å²) in [6.45, 7) is 1.14. The van der Waals surface area contributed by atoms with Crippen LogP contribution in [0.2, 0.25) is 0 Å². The average Bonchev–Trinajstić information content (AvgIpc) is 3.05. The molecule has 0 spiro atoms. The fraction of sp³-hybridized carbons (Fsp3) is 0.294. The van der Waals surface area contributed by atoms with Crippen molar-refractivity contribution in [3.63, 3.8) is 0 Å². The molecule has 1 aromatic carbocycles. The van der Waals surface area contributed by atoms with E-state index in [0.717, 1.165) is 17.5 Å². The predicted octanol–water partition coefficient (Wildman–Crippen LogP) is 1.41. The molecule has 3 aromatic rings. The maximum atomic E-state index is 12.7. The molecule has 0 aliphatic heterocycles. The van der Waals surface area contributed by atoms with Gasteiger partial charge in [-0.3, -0.25) is 14.2 Å². The van der Waals surface area contributed by atoms with E-state index in [1.165, 1.54) is 4.57 Å². The number of ether oxygens (including phenoxy) is 1. The standard InChI is InChI=1S/C17H19N3O3/c1-23-11-5-9-18-16(21)12-20-14-7-3-2-6-13(14)19-10-4-8-15(19)17(20)22/h2-4,6-8,10H,5,9,11-12H2,1H3,(H,18,21). The van der Waals surface area contributed by atoms with E-state index in [2.05, 4.69) is 5.32 Å². The monoisotopic (exact) mass is 313 g/mol. The van der Waals surface area contributed by atoms with Crippen LogP contribution in [0.3, 0.4) is 0 Å². The summed E-state index contributed by atoms with van der Waals surface area (Å²) in [5, 5.41) is 2.81. The summed E-state index contributed by atoms with van der Waals surface area (Å²) in [5.41, 5.74) is 2.05. The summed E-state index contributed by atoms with van der Waals surface area (Å²) in [6, 6.07) is 11.2. The number of methoxy groups -OCH3 is 1. The highest BCUT2D eigenvalue weighted by Gasteiger charge is 2.12. The quantitative estimate of drug-likeness (QED) is 0.700. The Morgan fingerprint density at radius 2 is 1.87 bits per heavy atom. The zero-order chi connectivity index (χ0) is 16.2. The third-order valence-electron chi connectivity index (χ3n) is 3.79. The minimum Gasteiger partial charge on any atom is -0.385 e. The second-order valence-electron chi connectivity index (χ2n) is 5.34. The van der Waals surface area contributed by atoms with Crippen LogP contribution in [-0.2, 0) is 16.1 Å². The highest BCUT2D eigenvalue weighted by molar-refractivity contribution is 5.82. The van der Waals surface area contributed by atoms with Crippen molar-refractivity contribution >= 4 is 22.5 Å². The van der Waals surface area contributed by atoms with Crippen molar-refractivity contribution in [1.29, 1.82) is 0 Å². The van der Waals surface area contributed by atoms with Gasteiger partial charge in [-0.2, -0.15) is 0 Å². The van der Waals surface area contributed by atoms with E-state index in [0.29, 0.717) is 18.7 Å². The van der Waals surface area contributed by atoms with Gasteiger partial charge in [0, 0.05) is 26.5 Å². The Bertz CT molecular complexity index is 895. The van der Waals surface area contributed by atoms with Crippen molar-refractivity contribution in [1.82, 2.24) is 14.3 Å². The molecule has 0 fully saturated rings. The van der Waals surface area contributed by atoms with Crippen LogP contribution < -0.4 is 10.9 Å². The third-order valence-corrected chi connectivity index (χ3v) is 3.79. The van der Waals surface area contributed by atoms with Gasteiger partial charge in [0.15, 0.2) is 0 Å². The van der Waals surface area contributed by atoms with E-state index >= 15 is 0 Å². The molecule has 1 N–H and O–H groups in total. The minimum absolute atomic E-state index is 0.00795. The van der Waals surface area contributed by atoms with E-state index in [9.17, 15) is 9.59 Å². The van der Waals surface area contributed by atoms with Crippen LogP contribution in [0.4, 0.5) is 0 Å². The van der Waals surface area contributed by atoms with E-state index in [4.69, 9.17) is 4.74 Å². The molecular formula is C17H19N3O3. The van der Waals surface area contributed by atoms with E-state index in [1.807, 2.05) is 40.9 Å². The maximum absolute atomic E-state index is 12.7. The van der Waals surface area contributed by atoms with Crippen LogP contribution in [0.25, 0.3) is 16.6 Å². The van der Waals surface area contributed by atoms with Crippen LogP contribution in [-0.4, -0.2) is 35.1 Å². The topological polar surface area (TPSA) is 64.7 Å². The van der Waals surface area contributed by atoms with Gasteiger partial charge in [-0.25, -0.2) is 0 Å². The van der Waals surface area contributed by atoms with Gasteiger partial charge in [0.1, 0.15) is 12.1 Å². The molecule has 0 aliphatic carbocycles. The zero-order valence-corrected chi connectivity index (χ0v) is 13.0. The number of carbonyl (C=O) groups is 1. The number of carbonyl (C=O) groups excluding carboxylic acids is 1. The van der Waals surface area contributed by atoms with E-state index in [-0.39, 0.29) is 18.0 Å². The van der Waals surface area contributed by atoms with Crippen LogP contribution in [0, 0.1) is 0 Å². The summed E-state index contributed by atoms with van der Waals surface area (Å²) >= 11 is 0. The summed E-state index contributed by atoms with van der Waals surface area (Å²) < 4.78 is 8.32. The summed E-state index contributed by atoms with van der Waals surface area (Å²) in [5.74, 6) is -0.177. The molecule has 0 saturated heterocycles. The second kappa shape index (κ2) is 6.66.